The highest BCUT2D eigenvalue weighted by Gasteiger charge is 2.23. The SMILES string of the molecule is CCC1CCCCC1Nc1cccc(OCC(C)C)c1. The number of rotatable bonds is 6. The van der Waals surface area contributed by atoms with E-state index in [9.17, 15) is 0 Å². The lowest BCUT2D eigenvalue weighted by Crippen LogP contribution is -2.31. The number of benzene rings is 1. The lowest BCUT2D eigenvalue weighted by molar-refractivity contribution is 0.271. The second kappa shape index (κ2) is 7.56. The molecule has 0 amide bonds. The fraction of sp³-hybridized carbons (Fsp3) is 0.667. The first-order valence-electron chi connectivity index (χ1n) is 8.18. The van der Waals surface area contributed by atoms with Crippen molar-refractivity contribution in [2.24, 2.45) is 11.8 Å². The summed E-state index contributed by atoms with van der Waals surface area (Å²) >= 11 is 0. The summed E-state index contributed by atoms with van der Waals surface area (Å²) in [7, 11) is 0. The van der Waals surface area contributed by atoms with Gasteiger partial charge in [0.25, 0.3) is 0 Å². The van der Waals surface area contributed by atoms with Gasteiger partial charge in [0.1, 0.15) is 5.75 Å². The maximum Gasteiger partial charge on any atom is 0.121 e. The molecule has 0 heterocycles. The molecule has 0 aromatic heterocycles. The molecule has 0 radical (unpaired) electrons. The summed E-state index contributed by atoms with van der Waals surface area (Å²) in [5, 5.41) is 3.73. The maximum atomic E-state index is 5.81. The van der Waals surface area contributed by atoms with Gasteiger partial charge in [-0.3, -0.25) is 0 Å². The van der Waals surface area contributed by atoms with Crippen LogP contribution in [0.15, 0.2) is 24.3 Å². The first-order chi connectivity index (χ1) is 9.69. The van der Waals surface area contributed by atoms with Crippen molar-refractivity contribution in [1.82, 2.24) is 0 Å². The monoisotopic (exact) mass is 275 g/mol. The Hall–Kier alpha value is -1.18. The molecular formula is C18H29NO. The number of anilines is 1. The Labute approximate surface area is 123 Å². The predicted molar refractivity (Wildman–Crippen MR) is 86.4 cm³/mol. The molecule has 1 saturated carbocycles. The van der Waals surface area contributed by atoms with Crippen LogP contribution in [0.4, 0.5) is 5.69 Å². The molecule has 1 N–H and O–H groups in total. The number of nitrogens with one attached hydrogen (secondary N) is 1. The Kier molecular flexibility index (Phi) is 5.75. The normalized spacial score (nSPS) is 22.8. The summed E-state index contributed by atoms with van der Waals surface area (Å²) in [5.41, 5.74) is 1.21. The second-order valence-corrected chi connectivity index (χ2v) is 6.44. The van der Waals surface area contributed by atoms with Crippen LogP contribution in [0.25, 0.3) is 0 Å². The number of ether oxygens (including phenoxy) is 1. The second-order valence-electron chi connectivity index (χ2n) is 6.44. The van der Waals surface area contributed by atoms with E-state index in [4.69, 9.17) is 4.74 Å². The Morgan fingerprint density at radius 3 is 2.80 bits per heavy atom. The molecule has 0 spiro atoms. The van der Waals surface area contributed by atoms with Crippen LogP contribution < -0.4 is 10.1 Å². The van der Waals surface area contributed by atoms with Crippen LogP contribution in [-0.2, 0) is 0 Å². The van der Waals surface area contributed by atoms with Gasteiger partial charge in [0.15, 0.2) is 0 Å². The summed E-state index contributed by atoms with van der Waals surface area (Å²) in [6, 6.07) is 9.06. The highest BCUT2D eigenvalue weighted by molar-refractivity contribution is 5.49. The third-order valence-electron chi connectivity index (χ3n) is 4.20. The van der Waals surface area contributed by atoms with Crippen molar-refractivity contribution < 1.29 is 4.74 Å². The van der Waals surface area contributed by atoms with Crippen molar-refractivity contribution in [3.05, 3.63) is 24.3 Å². The van der Waals surface area contributed by atoms with Crippen LogP contribution in [0.2, 0.25) is 0 Å². The number of hydrogen-bond acceptors (Lipinski definition) is 2. The van der Waals surface area contributed by atoms with Gasteiger partial charge in [-0.05, 0) is 36.8 Å². The molecule has 2 heteroatoms. The largest absolute Gasteiger partial charge is 0.493 e. The van der Waals surface area contributed by atoms with Gasteiger partial charge >= 0.3 is 0 Å². The highest BCUT2D eigenvalue weighted by atomic mass is 16.5. The van der Waals surface area contributed by atoms with Crippen LogP contribution in [0.1, 0.15) is 52.9 Å². The molecule has 20 heavy (non-hydrogen) atoms. The molecular weight excluding hydrogens is 246 g/mol. The Balaban J connectivity index is 1.96. The van der Waals surface area contributed by atoms with Gasteiger partial charge in [-0.2, -0.15) is 0 Å². The summed E-state index contributed by atoms with van der Waals surface area (Å²) in [6.07, 6.45) is 6.71. The quantitative estimate of drug-likeness (QED) is 0.779. The van der Waals surface area contributed by atoms with Crippen LogP contribution in [0.3, 0.4) is 0 Å². The fourth-order valence-electron chi connectivity index (χ4n) is 3.04. The molecule has 0 saturated heterocycles. The minimum absolute atomic E-state index is 0.564. The minimum atomic E-state index is 0.564. The van der Waals surface area contributed by atoms with Crippen LogP contribution in [0, 0.1) is 11.8 Å². The van der Waals surface area contributed by atoms with Gasteiger partial charge in [-0.1, -0.05) is 46.1 Å². The maximum absolute atomic E-state index is 5.81. The van der Waals surface area contributed by atoms with E-state index in [1.165, 1.54) is 37.8 Å². The summed E-state index contributed by atoms with van der Waals surface area (Å²) in [6.45, 7) is 7.45. The smallest absolute Gasteiger partial charge is 0.121 e. The van der Waals surface area contributed by atoms with Gasteiger partial charge in [0.05, 0.1) is 6.61 Å². The van der Waals surface area contributed by atoms with Crippen LogP contribution in [-0.4, -0.2) is 12.6 Å². The Bertz CT molecular complexity index is 402. The van der Waals surface area contributed by atoms with E-state index in [-0.39, 0.29) is 0 Å². The average Bonchev–Trinajstić information content (AvgIpc) is 2.46. The van der Waals surface area contributed by atoms with E-state index in [1.54, 1.807) is 0 Å². The van der Waals surface area contributed by atoms with Crippen LogP contribution >= 0.6 is 0 Å². The summed E-state index contributed by atoms with van der Waals surface area (Å²) < 4.78 is 5.81. The van der Waals surface area contributed by atoms with Crippen molar-refractivity contribution in [3.63, 3.8) is 0 Å². The first kappa shape index (κ1) is 15.2. The minimum Gasteiger partial charge on any atom is -0.493 e. The molecule has 1 fully saturated rings. The highest BCUT2D eigenvalue weighted by Crippen LogP contribution is 2.30. The van der Waals surface area contributed by atoms with Crippen molar-refractivity contribution >= 4 is 5.69 Å². The van der Waals surface area contributed by atoms with Gasteiger partial charge < -0.3 is 10.1 Å². The topological polar surface area (TPSA) is 21.3 Å². The molecule has 2 atom stereocenters. The molecule has 1 aromatic carbocycles. The molecule has 2 nitrogen and oxygen atoms in total. The van der Waals surface area contributed by atoms with Crippen molar-refractivity contribution in [3.8, 4) is 5.75 Å². The standard InChI is InChI=1S/C18H29NO/c1-4-15-8-5-6-11-18(15)19-16-9-7-10-17(12-16)20-13-14(2)3/h7,9-10,12,14-15,18-19H,4-6,8,11,13H2,1-3H3. The zero-order chi connectivity index (χ0) is 14.4. The lowest BCUT2D eigenvalue weighted by Gasteiger charge is -2.32. The summed E-state index contributed by atoms with van der Waals surface area (Å²) in [4.78, 5) is 0. The van der Waals surface area contributed by atoms with Gasteiger partial charge in [0, 0.05) is 17.8 Å². The van der Waals surface area contributed by atoms with Gasteiger partial charge in [-0.15, -0.1) is 0 Å². The third-order valence-corrected chi connectivity index (χ3v) is 4.20. The van der Waals surface area contributed by atoms with E-state index in [0.717, 1.165) is 18.3 Å². The third kappa shape index (κ3) is 4.43. The van der Waals surface area contributed by atoms with Crippen LogP contribution in [0.5, 0.6) is 5.75 Å². The molecule has 1 aromatic rings. The van der Waals surface area contributed by atoms with E-state index in [2.05, 4.69) is 44.3 Å². The fourth-order valence-corrected chi connectivity index (χ4v) is 3.04. The van der Waals surface area contributed by atoms with Crippen molar-refractivity contribution in [2.45, 2.75) is 58.9 Å². The average molecular weight is 275 g/mol. The molecule has 1 aliphatic carbocycles. The van der Waals surface area contributed by atoms with E-state index >= 15 is 0 Å². The van der Waals surface area contributed by atoms with Crippen molar-refractivity contribution in [1.29, 1.82) is 0 Å². The number of hydrogen-bond donors (Lipinski definition) is 1. The lowest BCUT2D eigenvalue weighted by atomic mass is 9.83. The summed E-state index contributed by atoms with van der Waals surface area (Å²) in [5.74, 6) is 2.37. The predicted octanol–water partition coefficient (Wildman–Crippen LogP) is 5.10. The molecule has 2 rings (SSSR count). The van der Waals surface area contributed by atoms with Gasteiger partial charge in [-0.25, -0.2) is 0 Å². The molecule has 0 aliphatic heterocycles. The van der Waals surface area contributed by atoms with E-state index in [1.807, 2.05) is 6.07 Å². The van der Waals surface area contributed by atoms with Crippen molar-refractivity contribution in [2.75, 3.05) is 11.9 Å². The zero-order valence-electron chi connectivity index (χ0n) is 13.2. The molecule has 0 bridgehead atoms. The van der Waals surface area contributed by atoms with E-state index < -0.39 is 0 Å². The van der Waals surface area contributed by atoms with Gasteiger partial charge in [0.2, 0.25) is 0 Å². The Morgan fingerprint density at radius 2 is 2.05 bits per heavy atom. The zero-order valence-corrected chi connectivity index (χ0v) is 13.2. The van der Waals surface area contributed by atoms with E-state index in [0.29, 0.717) is 12.0 Å². The molecule has 2 unspecified atom stereocenters. The Morgan fingerprint density at radius 1 is 1.25 bits per heavy atom. The molecule has 1 aliphatic rings. The first-order valence-corrected chi connectivity index (χ1v) is 8.18. The molecule has 112 valence electrons.